The maximum atomic E-state index is 13.8. The van der Waals surface area contributed by atoms with E-state index in [4.69, 9.17) is 0 Å². The Kier molecular flexibility index (Phi) is 2.94. The SMILES string of the molecule is C[C@@]12CC[C@@H]3[C@H](CC=C4C[C@@H](F)CC[C@@]43C)[C@H]1CCC2=O. The Morgan fingerprint density at radius 1 is 1.10 bits per heavy atom. The fourth-order valence-electron chi connectivity index (χ4n) is 6.39. The molecule has 4 aliphatic carbocycles. The molecule has 0 aromatic heterocycles. The van der Waals surface area contributed by atoms with E-state index in [9.17, 15) is 9.18 Å². The van der Waals surface area contributed by atoms with Gasteiger partial charge in [0, 0.05) is 18.3 Å². The molecule has 0 aromatic carbocycles. The third kappa shape index (κ3) is 1.77. The molecule has 3 saturated carbocycles. The Balaban J connectivity index is 1.69. The second-order valence-corrected chi connectivity index (χ2v) is 8.52. The van der Waals surface area contributed by atoms with E-state index in [2.05, 4.69) is 19.9 Å². The van der Waals surface area contributed by atoms with E-state index in [0.29, 0.717) is 30.0 Å². The molecule has 0 unspecified atom stereocenters. The van der Waals surface area contributed by atoms with Crippen LogP contribution >= 0.6 is 0 Å². The lowest BCUT2D eigenvalue weighted by Gasteiger charge is -2.56. The number of allylic oxidation sites excluding steroid dienone is 2. The second-order valence-electron chi connectivity index (χ2n) is 8.52. The molecule has 6 atom stereocenters. The van der Waals surface area contributed by atoms with Gasteiger partial charge in [0.25, 0.3) is 0 Å². The van der Waals surface area contributed by atoms with Crippen molar-refractivity contribution in [1.29, 1.82) is 0 Å². The summed E-state index contributed by atoms with van der Waals surface area (Å²) in [6, 6.07) is 0. The summed E-state index contributed by atoms with van der Waals surface area (Å²) in [6.45, 7) is 4.62. The van der Waals surface area contributed by atoms with E-state index < -0.39 is 6.17 Å². The Hall–Kier alpha value is -0.660. The van der Waals surface area contributed by atoms with Gasteiger partial charge in [-0.15, -0.1) is 0 Å². The molecule has 0 N–H and O–H groups in total. The minimum Gasteiger partial charge on any atom is -0.299 e. The van der Waals surface area contributed by atoms with Crippen molar-refractivity contribution >= 4 is 5.78 Å². The number of fused-ring (bicyclic) bond motifs is 5. The molecular weight excluding hydrogens is 263 g/mol. The summed E-state index contributed by atoms with van der Waals surface area (Å²) in [5.74, 6) is 2.45. The van der Waals surface area contributed by atoms with Gasteiger partial charge in [0.1, 0.15) is 12.0 Å². The number of hydrogen-bond acceptors (Lipinski definition) is 1. The van der Waals surface area contributed by atoms with Crippen LogP contribution in [0.15, 0.2) is 11.6 Å². The molecule has 0 aromatic rings. The van der Waals surface area contributed by atoms with E-state index in [-0.39, 0.29) is 10.8 Å². The molecule has 0 radical (unpaired) electrons. The largest absolute Gasteiger partial charge is 0.299 e. The number of ketones is 1. The normalized spacial score (nSPS) is 52.7. The first-order valence-electron chi connectivity index (χ1n) is 8.82. The molecule has 0 amide bonds. The minimum absolute atomic E-state index is 0.0415. The average molecular weight is 290 g/mol. The molecule has 1 nitrogen and oxygen atoms in total. The topological polar surface area (TPSA) is 17.1 Å². The summed E-state index contributed by atoms with van der Waals surface area (Å²) < 4.78 is 13.8. The Morgan fingerprint density at radius 3 is 2.62 bits per heavy atom. The first-order valence-corrected chi connectivity index (χ1v) is 8.82. The van der Waals surface area contributed by atoms with Crippen molar-refractivity contribution < 1.29 is 9.18 Å². The third-order valence-corrected chi connectivity index (χ3v) is 7.75. The zero-order chi connectivity index (χ0) is 14.8. The van der Waals surface area contributed by atoms with Crippen molar-refractivity contribution in [1.82, 2.24) is 0 Å². The first-order chi connectivity index (χ1) is 9.95. The molecule has 21 heavy (non-hydrogen) atoms. The van der Waals surface area contributed by atoms with E-state index in [1.54, 1.807) is 0 Å². The predicted molar refractivity (Wildman–Crippen MR) is 81.6 cm³/mol. The van der Waals surface area contributed by atoms with Gasteiger partial charge in [-0.05, 0) is 61.7 Å². The number of hydrogen-bond donors (Lipinski definition) is 0. The third-order valence-electron chi connectivity index (χ3n) is 7.75. The molecule has 0 heterocycles. The number of alkyl halides is 1. The lowest BCUT2D eigenvalue weighted by molar-refractivity contribution is -0.131. The van der Waals surface area contributed by atoms with E-state index in [0.717, 1.165) is 38.5 Å². The Bertz CT molecular complexity index is 510. The molecule has 0 saturated heterocycles. The second kappa shape index (κ2) is 4.43. The highest BCUT2D eigenvalue weighted by Crippen LogP contribution is 2.64. The quantitative estimate of drug-likeness (QED) is 0.582. The van der Waals surface area contributed by atoms with Crippen LogP contribution in [0.5, 0.6) is 0 Å². The number of carbonyl (C=O) groups excluding carboxylic acids is 1. The van der Waals surface area contributed by atoms with Crippen LogP contribution in [0.4, 0.5) is 4.39 Å². The first kappa shape index (κ1) is 14.0. The highest BCUT2D eigenvalue weighted by atomic mass is 19.1. The van der Waals surface area contributed by atoms with Crippen LogP contribution in [0.25, 0.3) is 0 Å². The summed E-state index contributed by atoms with van der Waals surface area (Å²) in [6.07, 6.45) is 9.39. The van der Waals surface area contributed by atoms with Crippen LogP contribution in [0, 0.1) is 28.6 Å². The summed E-state index contributed by atoms with van der Waals surface area (Å²) in [4.78, 5) is 12.3. The summed E-state index contributed by atoms with van der Waals surface area (Å²) in [5, 5.41) is 0. The standard InChI is InChI=1S/C19H27FO/c1-18-9-7-13(20)11-12(18)3-4-14-15-5-6-17(21)19(15,2)10-8-16(14)18/h3,13-16H,4-11H2,1-2H3/t13-,14+,15+,16+,18-,19+/m0/s1. The van der Waals surface area contributed by atoms with E-state index >= 15 is 0 Å². The number of Topliss-reactive ketones (excluding diaryl/α,β-unsaturated/α-hetero) is 1. The fourth-order valence-corrected chi connectivity index (χ4v) is 6.39. The molecular formula is C19H27FO. The lowest BCUT2D eigenvalue weighted by atomic mass is 9.48. The zero-order valence-corrected chi connectivity index (χ0v) is 13.3. The van der Waals surface area contributed by atoms with Gasteiger partial charge in [-0.2, -0.15) is 0 Å². The van der Waals surface area contributed by atoms with Crippen LogP contribution in [0.1, 0.15) is 65.2 Å². The lowest BCUT2D eigenvalue weighted by Crippen LogP contribution is -2.50. The molecule has 116 valence electrons. The maximum absolute atomic E-state index is 13.8. The van der Waals surface area contributed by atoms with Crippen molar-refractivity contribution in [2.24, 2.45) is 28.6 Å². The maximum Gasteiger partial charge on any atom is 0.139 e. The highest BCUT2D eigenvalue weighted by Gasteiger charge is 2.58. The minimum atomic E-state index is -0.622. The van der Waals surface area contributed by atoms with Crippen molar-refractivity contribution in [3.8, 4) is 0 Å². The van der Waals surface area contributed by atoms with Crippen molar-refractivity contribution in [2.45, 2.75) is 71.4 Å². The molecule has 4 rings (SSSR count). The Labute approximate surface area is 127 Å². The van der Waals surface area contributed by atoms with Crippen LogP contribution in [0.3, 0.4) is 0 Å². The van der Waals surface area contributed by atoms with Gasteiger partial charge in [-0.3, -0.25) is 4.79 Å². The molecule has 0 bridgehead atoms. The van der Waals surface area contributed by atoms with Crippen molar-refractivity contribution in [3.63, 3.8) is 0 Å². The summed E-state index contributed by atoms with van der Waals surface area (Å²) in [5.41, 5.74) is 1.58. The molecule has 4 aliphatic rings. The van der Waals surface area contributed by atoms with E-state index in [1.807, 2.05) is 0 Å². The fraction of sp³-hybridized carbons (Fsp3) is 0.842. The van der Waals surface area contributed by atoms with Crippen LogP contribution < -0.4 is 0 Å². The number of halogens is 1. The average Bonchev–Trinajstić information content (AvgIpc) is 2.76. The predicted octanol–water partition coefficient (Wildman–Crippen LogP) is 4.86. The Morgan fingerprint density at radius 2 is 1.81 bits per heavy atom. The summed E-state index contributed by atoms with van der Waals surface area (Å²) >= 11 is 0. The molecule has 0 aliphatic heterocycles. The van der Waals surface area contributed by atoms with Gasteiger partial charge in [0.05, 0.1) is 0 Å². The van der Waals surface area contributed by atoms with Crippen molar-refractivity contribution in [3.05, 3.63) is 11.6 Å². The van der Waals surface area contributed by atoms with Crippen LogP contribution in [-0.4, -0.2) is 12.0 Å². The van der Waals surface area contributed by atoms with Crippen LogP contribution in [-0.2, 0) is 4.79 Å². The molecule has 2 heteroatoms. The van der Waals surface area contributed by atoms with Gasteiger partial charge in [0.2, 0.25) is 0 Å². The van der Waals surface area contributed by atoms with Gasteiger partial charge in [-0.25, -0.2) is 4.39 Å². The molecule has 3 fully saturated rings. The number of carbonyl (C=O) groups is 1. The number of rotatable bonds is 0. The zero-order valence-electron chi connectivity index (χ0n) is 13.3. The highest BCUT2D eigenvalue weighted by molar-refractivity contribution is 5.87. The van der Waals surface area contributed by atoms with Crippen molar-refractivity contribution in [2.75, 3.05) is 0 Å². The van der Waals surface area contributed by atoms with Gasteiger partial charge in [0.15, 0.2) is 0 Å². The monoisotopic (exact) mass is 290 g/mol. The van der Waals surface area contributed by atoms with Gasteiger partial charge in [-0.1, -0.05) is 25.5 Å². The van der Waals surface area contributed by atoms with Gasteiger partial charge < -0.3 is 0 Å². The van der Waals surface area contributed by atoms with E-state index in [1.165, 1.54) is 12.0 Å². The summed E-state index contributed by atoms with van der Waals surface area (Å²) in [7, 11) is 0. The van der Waals surface area contributed by atoms with Gasteiger partial charge >= 0.3 is 0 Å². The molecule has 0 spiro atoms. The smallest absolute Gasteiger partial charge is 0.139 e. The van der Waals surface area contributed by atoms with Crippen LogP contribution in [0.2, 0.25) is 0 Å².